The Kier molecular flexibility index (Phi) is 5.45. The first kappa shape index (κ1) is 18.7. The molecule has 28 heavy (non-hydrogen) atoms. The van der Waals surface area contributed by atoms with Crippen molar-refractivity contribution in [1.82, 2.24) is 24.4 Å². The van der Waals surface area contributed by atoms with Gasteiger partial charge >= 0.3 is 0 Å². The van der Waals surface area contributed by atoms with Crippen molar-refractivity contribution in [2.24, 2.45) is 0 Å². The fourth-order valence-electron chi connectivity index (χ4n) is 3.64. The van der Waals surface area contributed by atoms with E-state index < -0.39 is 0 Å². The molecule has 1 aliphatic heterocycles. The number of nitrogens with one attached hydrogen (secondary N) is 1. The van der Waals surface area contributed by atoms with E-state index in [1.165, 1.54) is 4.68 Å². The SMILES string of the molecule is Cc1nn(CCCC(=O)NCCN2CCOCC2)c(=O)c2cc3occc3n12. The summed E-state index contributed by atoms with van der Waals surface area (Å²) in [5.41, 5.74) is 1.87. The van der Waals surface area contributed by atoms with Crippen LogP contribution in [-0.2, 0) is 16.1 Å². The Balaban J connectivity index is 1.31. The Hall–Kier alpha value is -2.65. The number of nitrogens with zero attached hydrogens (tertiary/aromatic N) is 4. The third kappa shape index (κ3) is 3.81. The lowest BCUT2D eigenvalue weighted by Gasteiger charge is -2.26. The van der Waals surface area contributed by atoms with Crippen LogP contribution in [0.3, 0.4) is 0 Å². The van der Waals surface area contributed by atoms with Crippen molar-refractivity contribution in [3.8, 4) is 0 Å². The molecule has 0 spiro atoms. The molecule has 1 fully saturated rings. The van der Waals surface area contributed by atoms with Crippen molar-refractivity contribution >= 4 is 22.5 Å². The second-order valence-electron chi connectivity index (χ2n) is 7.02. The summed E-state index contributed by atoms with van der Waals surface area (Å²) in [6, 6.07) is 3.56. The summed E-state index contributed by atoms with van der Waals surface area (Å²) in [7, 11) is 0. The van der Waals surface area contributed by atoms with Gasteiger partial charge < -0.3 is 14.5 Å². The Labute approximate surface area is 161 Å². The third-order valence-corrected chi connectivity index (χ3v) is 5.09. The number of hydrogen-bond acceptors (Lipinski definition) is 6. The first-order valence-electron chi connectivity index (χ1n) is 9.66. The highest BCUT2D eigenvalue weighted by molar-refractivity contribution is 5.82. The fraction of sp³-hybridized carbons (Fsp3) is 0.526. The standard InChI is InChI=1S/C19H25N5O4/c1-14-21-23(19(26)16-13-17-15(24(14)16)4-10-28-17)6-2-3-18(25)20-5-7-22-8-11-27-12-9-22/h4,10,13H,2-3,5-9,11-12H2,1H3,(H,20,25). The smallest absolute Gasteiger partial charge is 0.291 e. The van der Waals surface area contributed by atoms with Crippen molar-refractivity contribution in [3.63, 3.8) is 0 Å². The van der Waals surface area contributed by atoms with E-state index in [0.717, 1.165) is 38.4 Å². The predicted octanol–water partition coefficient (Wildman–Crippen LogP) is 0.779. The topological polar surface area (TPSA) is 94.0 Å². The van der Waals surface area contributed by atoms with Crippen molar-refractivity contribution in [1.29, 1.82) is 0 Å². The maximum atomic E-state index is 12.7. The number of aryl methyl sites for hydroxylation is 2. The van der Waals surface area contributed by atoms with Crippen LogP contribution in [0.25, 0.3) is 16.6 Å². The van der Waals surface area contributed by atoms with Crippen LogP contribution in [0, 0.1) is 6.92 Å². The van der Waals surface area contributed by atoms with Crippen LogP contribution in [0.1, 0.15) is 18.7 Å². The van der Waals surface area contributed by atoms with Crippen LogP contribution in [-0.4, -0.2) is 64.4 Å². The van der Waals surface area contributed by atoms with Gasteiger partial charge in [0.2, 0.25) is 5.91 Å². The van der Waals surface area contributed by atoms with Crippen molar-refractivity contribution in [2.75, 3.05) is 39.4 Å². The molecule has 4 heterocycles. The second-order valence-corrected chi connectivity index (χ2v) is 7.02. The molecule has 3 aromatic rings. The molecular weight excluding hydrogens is 362 g/mol. The minimum Gasteiger partial charge on any atom is -0.463 e. The quantitative estimate of drug-likeness (QED) is 0.644. The van der Waals surface area contributed by atoms with Crippen LogP contribution in [0.2, 0.25) is 0 Å². The average Bonchev–Trinajstić information content (AvgIpc) is 3.28. The van der Waals surface area contributed by atoms with E-state index in [9.17, 15) is 9.59 Å². The van der Waals surface area contributed by atoms with E-state index in [1.54, 1.807) is 16.7 Å². The molecule has 0 aromatic carbocycles. The molecule has 4 rings (SSSR count). The first-order valence-corrected chi connectivity index (χ1v) is 9.66. The minimum absolute atomic E-state index is 0.000641. The highest BCUT2D eigenvalue weighted by atomic mass is 16.5. The molecule has 9 heteroatoms. The normalized spacial score (nSPS) is 15.5. The highest BCUT2D eigenvalue weighted by Crippen LogP contribution is 2.19. The largest absolute Gasteiger partial charge is 0.463 e. The Morgan fingerprint density at radius 1 is 1.25 bits per heavy atom. The molecule has 0 atom stereocenters. The number of hydrogen-bond donors (Lipinski definition) is 1. The maximum absolute atomic E-state index is 12.7. The fourth-order valence-corrected chi connectivity index (χ4v) is 3.64. The molecule has 0 saturated carbocycles. The number of aromatic nitrogens is 3. The van der Waals surface area contributed by atoms with Crippen molar-refractivity contribution in [3.05, 3.63) is 34.6 Å². The van der Waals surface area contributed by atoms with E-state index in [2.05, 4.69) is 15.3 Å². The monoisotopic (exact) mass is 387 g/mol. The van der Waals surface area contributed by atoms with Gasteiger partial charge in [0.05, 0.1) is 25.0 Å². The lowest BCUT2D eigenvalue weighted by molar-refractivity contribution is -0.121. The second kappa shape index (κ2) is 8.15. The Bertz CT molecular complexity index is 1030. The predicted molar refractivity (Wildman–Crippen MR) is 103 cm³/mol. The van der Waals surface area contributed by atoms with Crippen LogP contribution in [0.5, 0.6) is 0 Å². The molecule has 3 aromatic heterocycles. The minimum atomic E-state index is -0.176. The summed E-state index contributed by atoms with van der Waals surface area (Å²) in [5.74, 6) is 0.709. The molecule has 1 aliphatic rings. The molecule has 0 unspecified atom stereocenters. The molecular formula is C19H25N5O4. The summed E-state index contributed by atoms with van der Waals surface area (Å²) < 4.78 is 13.9. The number of morpholine rings is 1. The van der Waals surface area contributed by atoms with Gasteiger partial charge in [0.1, 0.15) is 11.3 Å². The molecule has 1 saturated heterocycles. The first-order chi connectivity index (χ1) is 13.6. The van der Waals surface area contributed by atoms with Crippen LogP contribution in [0.4, 0.5) is 0 Å². The van der Waals surface area contributed by atoms with Crippen molar-refractivity contribution < 1.29 is 13.9 Å². The third-order valence-electron chi connectivity index (χ3n) is 5.09. The van der Waals surface area contributed by atoms with E-state index in [4.69, 9.17) is 9.15 Å². The van der Waals surface area contributed by atoms with Gasteiger partial charge in [-0.15, -0.1) is 0 Å². The summed E-state index contributed by atoms with van der Waals surface area (Å²) in [5, 5.41) is 7.34. The number of carbonyl (C=O) groups is 1. The maximum Gasteiger partial charge on any atom is 0.291 e. The van der Waals surface area contributed by atoms with Gasteiger partial charge in [-0.25, -0.2) is 4.68 Å². The van der Waals surface area contributed by atoms with Gasteiger partial charge in [-0.1, -0.05) is 0 Å². The number of fused-ring (bicyclic) bond motifs is 3. The molecule has 1 amide bonds. The van der Waals surface area contributed by atoms with E-state index in [-0.39, 0.29) is 11.5 Å². The van der Waals surface area contributed by atoms with Crippen LogP contribution >= 0.6 is 0 Å². The van der Waals surface area contributed by atoms with Gasteiger partial charge in [-0.2, -0.15) is 5.10 Å². The molecule has 9 nitrogen and oxygen atoms in total. The van der Waals surface area contributed by atoms with E-state index in [1.807, 2.05) is 13.0 Å². The van der Waals surface area contributed by atoms with E-state index >= 15 is 0 Å². The molecule has 1 N–H and O–H groups in total. The molecule has 0 aliphatic carbocycles. The van der Waals surface area contributed by atoms with Crippen LogP contribution in [0.15, 0.2) is 27.6 Å². The number of rotatable bonds is 7. The summed E-state index contributed by atoms with van der Waals surface area (Å²) in [4.78, 5) is 27.0. The zero-order valence-corrected chi connectivity index (χ0v) is 16.0. The lowest BCUT2D eigenvalue weighted by Crippen LogP contribution is -2.41. The number of furan rings is 1. The summed E-state index contributed by atoms with van der Waals surface area (Å²) >= 11 is 0. The van der Waals surface area contributed by atoms with E-state index in [0.29, 0.717) is 42.9 Å². The number of carbonyl (C=O) groups excluding carboxylic acids is 1. The summed E-state index contributed by atoms with van der Waals surface area (Å²) in [6.45, 7) is 7.06. The average molecular weight is 387 g/mol. The number of amides is 1. The van der Waals surface area contributed by atoms with Gasteiger partial charge in [0.15, 0.2) is 5.58 Å². The van der Waals surface area contributed by atoms with Gasteiger partial charge in [-0.3, -0.25) is 18.9 Å². The van der Waals surface area contributed by atoms with Gasteiger partial charge in [0, 0.05) is 51.3 Å². The summed E-state index contributed by atoms with van der Waals surface area (Å²) in [6.07, 6.45) is 2.52. The Morgan fingerprint density at radius 3 is 2.89 bits per heavy atom. The van der Waals surface area contributed by atoms with Crippen LogP contribution < -0.4 is 10.9 Å². The zero-order chi connectivity index (χ0) is 19.5. The molecule has 150 valence electrons. The molecule has 0 bridgehead atoms. The lowest BCUT2D eigenvalue weighted by atomic mass is 10.3. The zero-order valence-electron chi connectivity index (χ0n) is 16.0. The highest BCUT2D eigenvalue weighted by Gasteiger charge is 2.14. The Morgan fingerprint density at radius 2 is 2.07 bits per heavy atom. The van der Waals surface area contributed by atoms with Gasteiger partial charge in [-0.05, 0) is 13.3 Å². The van der Waals surface area contributed by atoms with Crippen molar-refractivity contribution in [2.45, 2.75) is 26.3 Å². The number of ether oxygens (including phenoxy) is 1. The molecule has 0 radical (unpaired) electrons. The van der Waals surface area contributed by atoms with Gasteiger partial charge in [0.25, 0.3) is 5.56 Å².